The fourth-order valence-corrected chi connectivity index (χ4v) is 2.49. The van der Waals surface area contributed by atoms with Crippen LogP contribution in [0.15, 0.2) is 0 Å². The molecule has 0 aromatic carbocycles. The van der Waals surface area contributed by atoms with Crippen LogP contribution in [-0.2, 0) is 9.59 Å². The summed E-state index contributed by atoms with van der Waals surface area (Å²) in [6, 6.07) is 0. The molecule has 0 aromatic heterocycles. The summed E-state index contributed by atoms with van der Waals surface area (Å²) in [6.07, 6.45) is 9.83. The molecule has 0 atom stereocenters. The third-order valence-corrected chi connectivity index (χ3v) is 4.15. The lowest BCUT2D eigenvalue weighted by molar-refractivity contribution is -0.154. The topological polar surface area (TPSA) is 66.4 Å². The molecule has 0 heterocycles. The third-order valence-electron chi connectivity index (χ3n) is 4.15. The van der Waals surface area contributed by atoms with Crippen molar-refractivity contribution in [3.8, 4) is 0 Å². The first-order valence-corrected chi connectivity index (χ1v) is 7.61. The Morgan fingerprint density at radius 1 is 1.11 bits per heavy atom. The molecule has 0 spiro atoms. The van der Waals surface area contributed by atoms with Crippen LogP contribution in [-0.4, -0.2) is 23.5 Å². The van der Waals surface area contributed by atoms with Gasteiger partial charge in [0, 0.05) is 13.0 Å². The molecule has 4 heteroatoms. The number of carboxylic acids is 1. The summed E-state index contributed by atoms with van der Waals surface area (Å²) in [5, 5.41) is 11.9. The summed E-state index contributed by atoms with van der Waals surface area (Å²) in [6.45, 7) is 2.49. The van der Waals surface area contributed by atoms with Crippen LogP contribution in [0.4, 0.5) is 0 Å². The van der Waals surface area contributed by atoms with E-state index < -0.39 is 11.4 Å². The van der Waals surface area contributed by atoms with E-state index in [0.29, 0.717) is 25.8 Å². The van der Waals surface area contributed by atoms with Crippen LogP contribution in [0.25, 0.3) is 0 Å². The van der Waals surface area contributed by atoms with Gasteiger partial charge in [0.05, 0.1) is 5.41 Å². The van der Waals surface area contributed by atoms with Crippen LogP contribution in [0.2, 0.25) is 0 Å². The fraction of sp³-hybridized carbons (Fsp3) is 0.867. The maximum atomic E-state index is 11.6. The Balaban J connectivity index is 2.06. The minimum absolute atomic E-state index is 0.00279. The zero-order valence-electron chi connectivity index (χ0n) is 12.0. The van der Waals surface area contributed by atoms with Gasteiger partial charge in [0.2, 0.25) is 5.91 Å². The van der Waals surface area contributed by atoms with E-state index >= 15 is 0 Å². The summed E-state index contributed by atoms with van der Waals surface area (Å²) in [5.74, 6) is -0.762. The molecule has 1 aliphatic rings. The Kier molecular flexibility index (Phi) is 6.89. The Morgan fingerprint density at radius 2 is 1.74 bits per heavy atom. The average Bonchev–Trinajstić information content (AvgIpc) is 2.31. The van der Waals surface area contributed by atoms with Gasteiger partial charge in [-0.3, -0.25) is 9.59 Å². The standard InChI is InChI=1S/C15H27NO3/c1-2-3-4-5-6-7-9-13(17)16-12-15(14(18)19)10-8-11-15/h2-12H2,1H3,(H,16,17)(H,18,19). The van der Waals surface area contributed by atoms with E-state index in [4.69, 9.17) is 5.11 Å². The van der Waals surface area contributed by atoms with E-state index in [2.05, 4.69) is 12.2 Å². The lowest BCUT2D eigenvalue weighted by atomic mass is 9.69. The van der Waals surface area contributed by atoms with E-state index in [-0.39, 0.29) is 5.91 Å². The maximum absolute atomic E-state index is 11.6. The number of nitrogens with one attached hydrogen (secondary N) is 1. The Hall–Kier alpha value is -1.06. The number of carbonyl (C=O) groups excluding carboxylic acids is 1. The van der Waals surface area contributed by atoms with Crippen molar-refractivity contribution >= 4 is 11.9 Å². The van der Waals surface area contributed by atoms with Crippen molar-refractivity contribution < 1.29 is 14.7 Å². The van der Waals surface area contributed by atoms with Crippen molar-refractivity contribution in [2.75, 3.05) is 6.54 Å². The lowest BCUT2D eigenvalue weighted by Crippen LogP contribution is -2.47. The minimum Gasteiger partial charge on any atom is -0.481 e. The maximum Gasteiger partial charge on any atom is 0.311 e. The molecule has 0 aromatic rings. The van der Waals surface area contributed by atoms with Crippen molar-refractivity contribution in [3.05, 3.63) is 0 Å². The smallest absolute Gasteiger partial charge is 0.311 e. The minimum atomic E-state index is -0.765. The van der Waals surface area contributed by atoms with Crippen LogP contribution >= 0.6 is 0 Å². The number of unbranched alkanes of at least 4 members (excludes halogenated alkanes) is 5. The van der Waals surface area contributed by atoms with Gasteiger partial charge >= 0.3 is 5.97 Å². The molecule has 1 amide bonds. The molecule has 0 radical (unpaired) electrons. The molecule has 1 rings (SSSR count). The molecule has 1 aliphatic carbocycles. The SMILES string of the molecule is CCCCCCCCC(=O)NCC1(C(=O)O)CCC1. The molecular formula is C15H27NO3. The third kappa shape index (κ3) is 5.21. The normalized spacial score (nSPS) is 16.7. The largest absolute Gasteiger partial charge is 0.481 e. The molecule has 1 fully saturated rings. The van der Waals surface area contributed by atoms with Gasteiger partial charge in [-0.25, -0.2) is 0 Å². The van der Waals surface area contributed by atoms with Crippen LogP contribution in [0.5, 0.6) is 0 Å². The van der Waals surface area contributed by atoms with E-state index in [1.165, 1.54) is 25.7 Å². The Labute approximate surface area is 116 Å². The van der Waals surface area contributed by atoms with Crippen molar-refractivity contribution in [2.24, 2.45) is 5.41 Å². The first kappa shape index (κ1) is 16.0. The predicted octanol–water partition coefficient (Wildman–Crippen LogP) is 3.11. The highest BCUT2D eigenvalue weighted by Crippen LogP contribution is 2.40. The van der Waals surface area contributed by atoms with Gasteiger partial charge in [-0.2, -0.15) is 0 Å². The molecule has 2 N–H and O–H groups in total. The number of carbonyl (C=O) groups is 2. The molecule has 0 unspecified atom stereocenters. The molecule has 110 valence electrons. The molecule has 0 saturated heterocycles. The number of carboxylic acid groups (broad SMARTS) is 1. The summed E-state index contributed by atoms with van der Waals surface area (Å²) in [7, 11) is 0. The molecular weight excluding hydrogens is 242 g/mol. The summed E-state index contributed by atoms with van der Waals surface area (Å²) < 4.78 is 0. The second-order valence-electron chi connectivity index (χ2n) is 5.73. The highest BCUT2D eigenvalue weighted by atomic mass is 16.4. The molecule has 4 nitrogen and oxygen atoms in total. The highest BCUT2D eigenvalue weighted by molar-refractivity contribution is 5.79. The van der Waals surface area contributed by atoms with E-state index in [0.717, 1.165) is 19.3 Å². The van der Waals surface area contributed by atoms with E-state index in [9.17, 15) is 9.59 Å². The second kappa shape index (κ2) is 8.18. The van der Waals surface area contributed by atoms with Crippen LogP contribution in [0, 0.1) is 5.41 Å². The summed E-state index contributed by atoms with van der Waals surface area (Å²) in [5.41, 5.74) is -0.670. The lowest BCUT2D eigenvalue weighted by Gasteiger charge is -2.37. The zero-order chi connectivity index (χ0) is 14.1. The number of rotatable bonds is 10. The first-order chi connectivity index (χ1) is 9.10. The predicted molar refractivity (Wildman–Crippen MR) is 74.9 cm³/mol. The van der Waals surface area contributed by atoms with Gasteiger partial charge in [-0.1, -0.05) is 45.4 Å². The monoisotopic (exact) mass is 269 g/mol. The molecule has 0 bridgehead atoms. The van der Waals surface area contributed by atoms with E-state index in [1.54, 1.807) is 0 Å². The second-order valence-corrected chi connectivity index (χ2v) is 5.73. The molecule has 19 heavy (non-hydrogen) atoms. The van der Waals surface area contributed by atoms with Crippen LogP contribution in [0.3, 0.4) is 0 Å². The summed E-state index contributed by atoms with van der Waals surface area (Å²) >= 11 is 0. The molecule has 0 aliphatic heterocycles. The van der Waals surface area contributed by atoms with Crippen LogP contribution in [0.1, 0.15) is 71.1 Å². The van der Waals surface area contributed by atoms with Gasteiger partial charge < -0.3 is 10.4 Å². The number of aliphatic carboxylic acids is 1. The number of hydrogen-bond donors (Lipinski definition) is 2. The summed E-state index contributed by atoms with van der Waals surface area (Å²) in [4.78, 5) is 22.8. The van der Waals surface area contributed by atoms with Gasteiger partial charge in [0.25, 0.3) is 0 Å². The average molecular weight is 269 g/mol. The van der Waals surface area contributed by atoms with Gasteiger partial charge in [-0.05, 0) is 19.3 Å². The number of hydrogen-bond acceptors (Lipinski definition) is 2. The first-order valence-electron chi connectivity index (χ1n) is 7.61. The highest BCUT2D eigenvalue weighted by Gasteiger charge is 2.44. The van der Waals surface area contributed by atoms with Gasteiger partial charge in [-0.15, -0.1) is 0 Å². The van der Waals surface area contributed by atoms with Crippen molar-refractivity contribution in [2.45, 2.75) is 71.1 Å². The molecule has 1 saturated carbocycles. The Morgan fingerprint density at radius 3 is 2.26 bits per heavy atom. The zero-order valence-corrected chi connectivity index (χ0v) is 12.0. The van der Waals surface area contributed by atoms with Crippen molar-refractivity contribution in [1.82, 2.24) is 5.32 Å². The Bertz CT molecular complexity index is 298. The fourth-order valence-electron chi connectivity index (χ4n) is 2.49. The van der Waals surface area contributed by atoms with Crippen molar-refractivity contribution in [3.63, 3.8) is 0 Å². The van der Waals surface area contributed by atoms with Gasteiger partial charge in [0.1, 0.15) is 0 Å². The van der Waals surface area contributed by atoms with Gasteiger partial charge in [0.15, 0.2) is 0 Å². The van der Waals surface area contributed by atoms with Crippen molar-refractivity contribution in [1.29, 1.82) is 0 Å². The quantitative estimate of drug-likeness (QED) is 0.599. The van der Waals surface area contributed by atoms with Crippen LogP contribution < -0.4 is 5.32 Å². The van der Waals surface area contributed by atoms with E-state index in [1.807, 2.05) is 0 Å². The number of amides is 1.